The Labute approximate surface area is 280 Å². The van der Waals surface area contributed by atoms with Crippen LogP contribution < -0.4 is 0 Å². The molecule has 0 bridgehead atoms. The molecule has 3 aromatic carbocycles. The largest absolute Gasteiger partial charge is 0.459 e. The van der Waals surface area contributed by atoms with E-state index < -0.39 is 29.0 Å². The molecule has 0 saturated heterocycles. The third kappa shape index (κ3) is 11.7. The second-order valence-electron chi connectivity index (χ2n) is 12.1. The van der Waals surface area contributed by atoms with Crippen LogP contribution in [0, 0.1) is 0 Å². The highest BCUT2D eigenvalue weighted by atomic mass is 127. The highest BCUT2D eigenvalue weighted by Crippen LogP contribution is 2.42. The average molecular weight is 784 g/mol. The molecule has 3 aromatic rings. The SMILES string of the molecule is CC(C)(C)[Si](C)(C)OCC(Br)(I)[C@@H](OCc1ccccc1)[C@H](OCc1ccccc1)[C@@H](COCc1ccccc1)OC=O. The van der Waals surface area contributed by atoms with E-state index in [1.165, 1.54) is 0 Å². The zero-order chi connectivity index (χ0) is 31.3. The van der Waals surface area contributed by atoms with Gasteiger partial charge in [0.1, 0.15) is 14.5 Å². The van der Waals surface area contributed by atoms with E-state index in [1.807, 2.05) is 91.0 Å². The Kier molecular flexibility index (Phi) is 14.3. The van der Waals surface area contributed by atoms with E-state index in [-0.39, 0.29) is 11.6 Å². The van der Waals surface area contributed by atoms with E-state index in [9.17, 15) is 4.79 Å². The van der Waals surface area contributed by atoms with Crippen molar-refractivity contribution in [2.75, 3.05) is 13.2 Å². The molecule has 9 heteroatoms. The van der Waals surface area contributed by atoms with Crippen molar-refractivity contribution in [3.05, 3.63) is 108 Å². The van der Waals surface area contributed by atoms with Gasteiger partial charge in [-0.15, -0.1) is 0 Å². The third-order valence-electron chi connectivity index (χ3n) is 7.69. The zero-order valence-electron chi connectivity index (χ0n) is 25.7. The molecule has 6 nitrogen and oxygen atoms in total. The van der Waals surface area contributed by atoms with Gasteiger partial charge < -0.3 is 23.4 Å². The smallest absolute Gasteiger partial charge is 0.293 e. The van der Waals surface area contributed by atoms with Crippen LogP contribution in [0.2, 0.25) is 18.1 Å². The van der Waals surface area contributed by atoms with Gasteiger partial charge >= 0.3 is 0 Å². The monoisotopic (exact) mass is 782 g/mol. The Morgan fingerprint density at radius 3 is 1.72 bits per heavy atom. The minimum absolute atomic E-state index is 0.0325. The van der Waals surface area contributed by atoms with Gasteiger partial charge in [-0.3, -0.25) is 4.79 Å². The number of benzene rings is 3. The van der Waals surface area contributed by atoms with Crippen LogP contribution in [0.3, 0.4) is 0 Å². The van der Waals surface area contributed by atoms with Gasteiger partial charge in [0, 0.05) is 0 Å². The first-order valence-electron chi connectivity index (χ1n) is 14.5. The zero-order valence-corrected chi connectivity index (χ0v) is 30.5. The highest BCUT2D eigenvalue weighted by Gasteiger charge is 2.48. The second kappa shape index (κ2) is 17.2. The van der Waals surface area contributed by atoms with Crippen LogP contribution in [0.25, 0.3) is 0 Å². The molecule has 0 spiro atoms. The maximum Gasteiger partial charge on any atom is 0.293 e. The van der Waals surface area contributed by atoms with Crippen molar-refractivity contribution in [3.8, 4) is 0 Å². The van der Waals surface area contributed by atoms with Gasteiger partial charge in [-0.2, -0.15) is 0 Å². The molecule has 0 aromatic heterocycles. The molecule has 234 valence electrons. The molecule has 0 N–H and O–H groups in total. The third-order valence-corrected chi connectivity index (χ3v) is 13.8. The van der Waals surface area contributed by atoms with Crippen LogP contribution in [0.4, 0.5) is 0 Å². The van der Waals surface area contributed by atoms with Gasteiger partial charge in [-0.1, -0.05) is 150 Å². The summed E-state index contributed by atoms with van der Waals surface area (Å²) in [5.74, 6) is 0. The van der Waals surface area contributed by atoms with Gasteiger partial charge in [-0.05, 0) is 34.8 Å². The molecule has 0 radical (unpaired) electrons. The Hall–Kier alpha value is -1.60. The molecule has 0 aliphatic carbocycles. The molecule has 0 saturated carbocycles. The van der Waals surface area contributed by atoms with E-state index in [4.69, 9.17) is 23.4 Å². The van der Waals surface area contributed by atoms with Crippen molar-refractivity contribution in [1.82, 2.24) is 0 Å². The van der Waals surface area contributed by atoms with Gasteiger partial charge in [0.15, 0.2) is 14.4 Å². The number of hydrogen-bond acceptors (Lipinski definition) is 6. The number of carbonyl (C=O) groups is 1. The van der Waals surface area contributed by atoms with Crippen LogP contribution in [0.1, 0.15) is 37.5 Å². The lowest BCUT2D eigenvalue weighted by atomic mass is 10.0. The van der Waals surface area contributed by atoms with Crippen molar-refractivity contribution in [2.45, 2.75) is 79.4 Å². The van der Waals surface area contributed by atoms with E-state index in [1.54, 1.807) is 0 Å². The van der Waals surface area contributed by atoms with Crippen LogP contribution in [-0.4, -0.2) is 48.6 Å². The summed E-state index contributed by atoms with van der Waals surface area (Å²) in [5.41, 5.74) is 3.04. The number of rotatable bonds is 18. The molecule has 0 aliphatic rings. The molecule has 0 aliphatic heterocycles. The Morgan fingerprint density at radius 1 is 0.791 bits per heavy atom. The molecular weight excluding hydrogens is 739 g/mol. The summed E-state index contributed by atoms with van der Waals surface area (Å²) in [7, 11) is -2.10. The normalized spacial score (nSPS) is 15.7. The molecule has 43 heavy (non-hydrogen) atoms. The first-order chi connectivity index (χ1) is 20.4. The van der Waals surface area contributed by atoms with Gasteiger partial charge in [0.2, 0.25) is 0 Å². The molecule has 0 amide bonds. The molecule has 0 heterocycles. The standard InChI is InChI=1S/C34H44BrIO6Si/c1-33(2,3)43(4,5)42-25-34(35,36)32(40-23-29-19-13-8-14-20-29)31(39-22-28-17-11-7-12-18-28)30(41-26-37)24-38-21-27-15-9-6-10-16-27/h6-20,26,30-32H,21-25H2,1-5H3/t30-,31-,32+,34?/m1/s1. The molecule has 0 fully saturated rings. The molecular formula is C34H44BrIO6Si. The number of alkyl halides is 2. The summed E-state index contributed by atoms with van der Waals surface area (Å²) >= 11 is 6.34. The Morgan fingerprint density at radius 2 is 1.26 bits per heavy atom. The Balaban J connectivity index is 1.93. The molecule has 1 unspecified atom stereocenters. The average Bonchev–Trinajstić information content (AvgIpc) is 2.98. The second-order valence-corrected chi connectivity index (χ2v) is 21.7. The van der Waals surface area contributed by atoms with Gasteiger partial charge in [0.05, 0.1) is 33.0 Å². The quantitative estimate of drug-likeness (QED) is 0.0559. The summed E-state index contributed by atoms with van der Waals surface area (Å²) in [6, 6.07) is 29.8. The lowest BCUT2D eigenvalue weighted by Gasteiger charge is -2.42. The number of ether oxygens (including phenoxy) is 4. The fourth-order valence-electron chi connectivity index (χ4n) is 4.10. The number of halogens is 2. The van der Waals surface area contributed by atoms with Gasteiger partial charge in [-0.25, -0.2) is 0 Å². The van der Waals surface area contributed by atoms with Crippen molar-refractivity contribution >= 4 is 53.3 Å². The highest BCUT2D eigenvalue weighted by molar-refractivity contribution is 14.1. The van der Waals surface area contributed by atoms with E-state index in [0.29, 0.717) is 32.9 Å². The summed E-state index contributed by atoms with van der Waals surface area (Å²) < 4.78 is 31.1. The maximum atomic E-state index is 11.8. The predicted molar refractivity (Wildman–Crippen MR) is 186 cm³/mol. The fourth-order valence-corrected chi connectivity index (χ4v) is 6.82. The fraction of sp³-hybridized carbons (Fsp3) is 0.441. The Bertz CT molecular complexity index is 1210. The summed E-state index contributed by atoms with van der Waals surface area (Å²) in [6.07, 6.45) is -2.03. The van der Waals surface area contributed by atoms with E-state index in [2.05, 4.69) is 72.4 Å². The first-order valence-corrected chi connectivity index (χ1v) is 19.2. The van der Waals surface area contributed by atoms with Crippen LogP contribution in [0.15, 0.2) is 91.0 Å². The van der Waals surface area contributed by atoms with E-state index >= 15 is 0 Å². The number of hydrogen-bond donors (Lipinski definition) is 0. The summed E-state index contributed by atoms with van der Waals surface area (Å²) in [4.78, 5) is 11.8. The lowest BCUT2D eigenvalue weighted by Crippen LogP contribution is -2.54. The van der Waals surface area contributed by atoms with Crippen LogP contribution in [0.5, 0.6) is 0 Å². The predicted octanol–water partition coefficient (Wildman–Crippen LogP) is 8.46. The van der Waals surface area contributed by atoms with Crippen molar-refractivity contribution in [3.63, 3.8) is 0 Å². The summed E-state index contributed by atoms with van der Waals surface area (Å²) in [6.45, 7) is 13.1. The molecule has 4 atom stereocenters. The van der Waals surface area contributed by atoms with Crippen LogP contribution in [-0.2, 0) is 48.0 Å². The lowest BCUT2D eigenvalue weighted by molar-refractivity contribution is -0.172. The topological polar surface area (TPSA) is 63.2 Å². The minimum atomic E-state index is -2.10. The molecule has 3 rings (SSSR count). The first kappa shape index (κ1) is 35.9. The van der Waals surface area contributed by atoms with Crippen molar-refractivity contribution in [2.24, 2.45) is 0 Å². The van der Waals surface area contributed by atoms with Crippen molar-refractivity contribution < 1.29 is 28.2 Å². The maximum absolute atomic E-state index is 11.8. The van der Waals surface area contributed by atoms with E-state index in [0.717, 1.165) is 16.7 Å². The van der Waals surface area contributed by atoms with Crippen molar-refractivity contribution in [1.29, 1.82) is 0 Å². The number of carbonyl (C=O) groups excluding carboxylic acids is 1. The van der Waals surface area contributed by atoms with Crippen LogP contribution >= 0.6 is 38.5 Å². The summed E-state index contributed by atoms with van der Waals surface area (Å²) in [5, 5.41) is 0.0325. The van der Waals surface area contributed by atoms with Gasteiger partial charge in [0.25, 0.3) is 6.47 Å². The minimum Gasteiger partial charge on any atom is -0.459 e.